The third-order valence-electron chi connectivity index (χ3n) is 4.49. The van der Waals surface area contributed by atoms with Crippen molar-refractivity contribution in [1.29, 1.82) is 0 Å². The first-order valence-corrected chi connectivity index (χ1v) is 9.29. The molecule has 3 rings (SSSR count). The van der Waals surface area contributed by atoms with E-state index in [-0.39, 0.29) is 0 Å². The predicted molar refractivity (Wildman–Crippen MR) is 92.3 cm³/mol. The normalized spacial score (nSPS) is 22.6. The molecule has 1 aliphatic heterocycles. The summed E-state index contributed by atoms with van der Waals surface area (Å²) in [6, 6.07) is 2.97. The fraction of sp³-hybridized carbons (Fsp3) is 0.706. The van der Waals surface area contributed by atoms with Crippen LogP contribution in [0.15, 0.2) is 6.07 Å². The van der Waals surface area contributed by atoms with Crippen molar-refractivity contribution in [3.8, 4) is 0 Å². The monoisotopic (exact) mass is 305 g/mol. The van der Waals surface area contributed by atoms with E-state index in [2.05, 4.69) is 48.8 Å². The Balaban J connectivity index is 1.83. The molecule has 1 aromatic heterocycles. The summed E-state index contributed by atoms with van der Waals surface area (Å²) in [6.45, 7) is 9.90. The first-order valence-electron chi connectivity index (χ1n) is 8.24. The van der Waals surface area contributed by atoms with Gasteiger partial charge in [-0.25, -0.2) is 4.98 Å². The van der Waals surface area contributed by atoms with Crippen LogP contribution in [0.1, 0.15) is 43.0 Å². The van der Waals surface area contributed by atoms with Gasteiger partial charge in [-0.05, 0) is 44.7 Å². The molecular weight excluding hydrogens is 278 g/mol. The Morgan fingerprint density at radius 1 is 1.38 bits per heavy atom. The number of anilines is 1. The minimum absolute atomic E-state index is 0.749. The van der Waals surface area contributed by atoms with Crippen LogP contribution in [0.2, 0.25) is 0 Å². The summed E-state index contributed by atoms with van der Waals surface area (Å²) in [5.41, 5.74) is 3.94. The number of thioether (sulfide) groups is 1. The van der Waals surface area contributed by atoms with Crippen molar-refractivity contribution < 1.29 is 0 Å². The van der Waals surface area contributed by atoms with E-state index in [1.807, 2.05) is 0 Å². The first kappa shape index (κ1) is 15.2. The number of nitrogens with zero attached hydrogens (tertiary/aromatic N) is 2. The molecule has 2 heterocycles. The summed E-state index contributed by atoms with van der Waals surface area (Å²) < 4.78 is 0. The van der Waals surface area contributed by atoms with Crippen LogP contribution in [0.25, 0.3) is 0 Å². The van der Waals surface area contributed by atoms with E-state index in [1.54, 1.807) is 0 Å². The fourth-order valence-corrected chi connectivity index (χ4v) is 4.20. The van der Waals surface area contributed by atoms with Gasteiger partial charge in [-0.2, -0.15) is 11.8 Å². The van der Waals surface area contributed by atoms with Gasteiger partial charge in [0, 0.05) is 47.9 Å². The van der Waals surface area contributed by atoms with Crippen molar-refractivity contribution in [2.75, 3.05) is 23.7 Å². The number of aromatic nitrogens is 1. The number of rotatable bonds is 5. The molecular formula is C17H27N3S. The van der Waals surface area contributed by atoms with Crippen LogP contribution in [-0.4, -0.2) is 35.1 Å². The van der Waals surface area contributed by atoms with Crippen LogP contribution in [0.5, 0.6) is 0 Å². The highest BCUT2D eigenvalue weighted by atomic mass is 32.2. The van der Waals surface area contributed by atoms with Crippen molar-refractivity contribution in [2.24, 2.45) is 0 Å². The molecule has 1 aliphatic carbocycles. The highest BCUT2D eigenvalue weighted by molar-refractivity contribution is 8.00. The van der Waals surface area contributed by atoms with Gasteiger partial charge in [0.25, 0.3) is 0 Å². The molecule has 0 radical (unpaired) electrons. The average molecular weight is 305 g/mol. The number of aryl methyl sites for hydroxylation is 2. The fourth-order valence-electron chi connectivity index (χ4n) is 3.02. The quantitative estimate of drug-likeness (QED) is 0.903. The maximum atomic E-state index is 4.90. The summed E-state index contributed by atoms with van der Waals surface area (Å²) in [4.78, 5) is 7.42. The lowest BCUT2D eigenvalue weighted by Crippen LogP contribution is -2.39. The Morgan fingerprint density at radius 3 is 2.90 bits per heavy atom. The zero-order valence-corrected chi connectivity index (χ0v) is 14.3. The standard InChI is InChI=1S/C17H27N3S/c1-4-15-11-20(7-8-21-15)17-16(10-18-14-5-6-14)12(2)9-13(3)19-17/h9,14-15,18H,4-8,10-11H2,1-3H3. The van der Waals surface area contributed by atoms with E-state index in [0.717, 1.165) is 36.6 Å². The molecule has 2 aliphatic rings. The van der Waals surface area contributed by atoms with Crippen molar-refractivity contribution in [1.82, 2.24) is 10.3 Å². The van der Waals surface area contributed by atoms with Crippen LogP contribution in [-0.2, 0) is 6.54 Å². The first-order chi connectivity index (χ1) is 10.2. The maximum absolute atomic E-state index is 4.90. The van der Waals surface area contributed by atoms with Gasteiger partial charge in [0.05, 0.1) is 0 Å². The minimum atomic E-state index is 0.749. The Morgan fingerprint density at radius 2 is 2.19 bits per heavy atom. The summed E-state index contributed by atoms with van der Waals surface area (Å²) in [6.07, 6.45) is 3.93. The van der Waals surface area contributed by atoms with E-state index in [0.29, 0.717) is 0 Å². The predicted octanol–water partition coefficient (Wildman–Crippen LogP) is 3.28. The van der Waals surface area contributed by atoms with Gasteiger partial charge in [-0.1, -0.05) is 6.92 Å². The van der Waals surface area contributed by atoms with Crippen molar-refractivity contribution in [3.63, 3.8) is 0 Å². The molecule has 116 valence electrons. The minimum Gasteiger partial charge on any atom is -0.354 e. The molecule has 0 bridgehead atoms. The smallest absolute Gasteiger partial charge is 0.133 e. The molecule has 1 atom stereocenters. The van der Waals surface area contributed by atoms with Crippen LogP contribution in [0.4, 0.5) is 5.82 Å². The van der Waals surface area contributed by atoms with Gasteiger partial charge in [0.1, 0.15) is 5.82 Å². The second-order valence-electron chi connectivity index (χ2n) is 6.38. The molecule has 3 nitrogen and oxygen atoms in total. The van der Waals surface area contributed by atoms with Gasteiger partial charge >= 0.3 is 0 Å². The van der Waals surface area contributed by atoms with E-state index >= 15 is 0 Å². The second-order valence-corrected chi connectivity index (χ2v) is 7.79. The summed E-state index contributed by atoms with van der Waals surface area (Å²) in [5, 5.41) is 4.42. The molecule has 1 saturated carbocycles. The Hall–Kier alpha value is -0.740. The lowest BCUT2D eigenvalue weighted by molar-refractivity contribution is 0.668. The Kier molecular flexibility index (Phi) is 4.75. The van der Waals surface area contributed by atoms with Crippen LogP contribution in [0.3, 0.4) is 0 Å². The topological polar surface area (TPSA) is 28.2 Å². The van der Waals surface area contributed by atoms with Gasteiger partial charge in [0.2, 0.25) is 0 Å². The van der Waals surface area contributed by atoms with Crippen molar-refractivity contribution in [2.45, 2.75) is 57.9 Å². The summed E-state index contributed by atoms with van der Waals surface area (Å²) in [5.74, 6) is 2.46. The summed E-state index contributed by atoms with van der Waals surface area (Å²) in [7, 11) is 0. The molecule has 1 unspecified atom stereocenters. The summed E-state index contributed by atoms with van der Waals surface area (Å²) >= 11 is 2.12. The number of pyridine rings is 1. The average Bonchev–Trinajstić information content (AvgIpc) is 3.30. The lowest BCUT2D eigenvalue weighted by Gasteiger charge is -2.34. The van der Waals surface area contributed by atoms with Crippen LogP contribution >= 0.6 is 11.8 Å². The number of nitrogens with one attached hydrogen (secondary N) is 1. The van der Waals surface area contributed by atoms with Crippen molar-refractivity contribution in [3.05, 3.63) is 22.9 Å². The Bertz CT molecular complexity index is 499. The van der Waals surface area contributed by atoms with Crippen molar-refractivity contribution >= 4 is 17.6 Å². The zero-order chi connectivity index (χ0) is 14.8. The van der Waals surface area contributed by atoms with Gasteiger partial charge in [0.15, 0.2) is 0 Å². The van der Waals surface area contributed by atoms with E-state index in [4.69, 9.17) is 4.98 Å². The van der Waals surface area contributed by atoms with Crippen LogP contribution < -0.4 is 10.2 Å². The van der Waals surface area contributed by atoms with E-state index < -0.39 is 0 Å². The highest BCUT2D eigenvalue weighted by Gasteiger charge is 2.25. The van der Waals surface area contributed by atoms with Crippen LogP contribution in [0, 0.1) is 13.8 Å². The third kappa shape index (κ3) is 3.72. The highest BCUT2D eigenvalue weighted by Crippen LogP contribution is 2.29. The molecule has 1 aromatic rings. The molecule has 1 N–H and O–H groups in total. The molecule has 21 heavy (non-hydrogen) atoms. The SMILES string of the molecule is CCC1CN(c2nc(C)cc(C)c2CNC2CC2)CCS1. The van der Waals surface area contributed by atoms with Gasteiger partial charge < -0.3 is 10.2 Å². The molecule has 0 spiro atoms. The Labute approximate surface area is 132 Å². The molecule has 0 aromatic carbocycles. The molecule has 4 heteroatoms. The van der Waals surface area contributed by atoms with E-state index in [1.165, 1.54) is 42.0 Å². The second kappa shape index (κ2) is 6.57. The zero-order valence-electron chi connectivity index (χ0n) is 13.5. The lowest BCUT2D eigenvalue weighted by atomic mass is 10.1. The van der Waals surface area contributed by atoms with Gasteiger partial charge in [-0.3, -0.25) is 0 Å². The number of hydrogen-bond donors (Lipinski definition) is 1. The largest absolute Gasteiger partial charge is 0.354 e. The van der Waals surface area contributed by atoms with E-state index in [9.17, 15) is 0 Å². The molecule has 2 fully saturated rings. The number of hydrogen-bond acceptors (Lipinski definition) is 4. The maximum Gasteiger partial charge on any atom is 0.133 e. The molecule has 0 amide bonds. The molecule has 1 saturated heterocycles. The van der Waals surface area contributed by atoms with Gasteiger partial charge in [-0.15, -0.1) is 0 Å². The third-order valence-corrected chi connectivity index (χ3v) is 5.86.